The fourth-order valence-electron chi connectivity index (χ4n) is 10.3. The number of carbonyl (C=O) groups is 5. The molecule has 1 saturated heterocycles. The lowest BCUT2D eigenvalue weighted by Crippen LogP contribution is -2.56. The van der Waals surface area contributed by atoms with E-state index in [4.69, 9.17) is 45.0 Å². The molecule has 9 rings (SSSR count). The van der Waals surface area contributed by atoms with E-state index >= 15 is 0 Å². The smallest absolute Gasteiger partial charge is 0.507 e. The molecule has 3 aliphatic rings. The molecular weight excluding hydrogens is 1300 g/mol. The first kappa shape index (κ1) is 73.0. The van der Waals surface area contributed by atoms with E-state index in [1.165, 1.54) is 117 Å². The Bertz CT molecular complexity index is 4210. The van der Waals surface area contributed by atoms with E-state index in [0.717, 1.165) is 12.1 Å². The van der Waals surface area contributed by atoms with Crippen molar-refractivity contribution >= 4 is 52.3 Å². The lowest BCUT2D eigenvalue weighted by molar-refractivity contribution is -0.385. The molecule has 0 aromatic heterocycles. The minimum atomic E-state index is -2.41. The monoisotopic (exact) mass is 1360 g/mol. The van der Waals surface area contributed by atoms with Crippen LogP contribution in [0.25, 0.3) is 31.3 Å². The number of non-ortho nitro benzene ring substituents is 4. The number of carbonyl (C=O) groups excluding carboxylic acids is 5. The van der Waals surface area contributed by atoms with E-state index in [0.29, 0.717) is 11.1 Å². The minimum absolute atomic E-state index is 0.0110. The van der Waals surface area contributed by atoms with Gasteiger partial charge >= 0.3 is 12.2 Å². The number of nitro groups is 4. The number of benzene rings is 6. The maximum absolute atomic E-state index is 13.9. The molecule has 6 aromatic carbocycles. The number of phenols is 2. The van der Waals surface area contributed by atoms with Crippen LogP contribution in [0.1, 0.15) is 104 Å². The third kappa shape index (κ3) is 17.3. The van der Waals surface area contributed by atoms with Gasteiger partial charge in [0.2, 0.25) is 5.78 Å². The molecule has 1 aliphatic heterocycles. The number of aromatic hydroxyl groups is 2. The summed E-state index contributed by atoms with van der Waals surface area (Å²) < 4.78 is 32.8. The second-order valence-corrected chi connectivity index (χ2v) is 21.2. The highest BCUT2D eigenvalue weighted by Crippen LogP contribution is 2.53. The summed E-state index contributed by atoms with van der Waals surface area (Å²) in [6, 6.07) is 23.3. The summed E-state index contributed by atoms with van der Waals surface area (Å²) in [6.07, 6.45) is -12.4. The van der Waals surface area contributed by atoms with Gasteiger partial charge in [-0.25, -0.2) is 9.59 Å². The Morgan fingerprint density at radius 2 is 1.17 bits per heavy atom. The van der Waals surface area contributed by atoms with Crippen molar-refractivity contribution in [3.63, 3.8) is 0 Å². The summed E-state index contributed by atoms with van der Waals surface area (Å²) in [5, 5.41) is 120. The van der Waals surface area contributed by atoms with E-state index in [2.05, 4.69) is 35.4 Å². The maximum Gasteiger partial charge on any atom is 0.514 e. The van der Waals surface area contributed by atoms with Crippen LogP contribution in [0.15, 0.2) is 131 Å². The number of azide groups is 3. The quantitative estimate of drug-likeness (QED) is 0.00487. The minimum Gasteiger partial charge on any atom is -0.507 e. The number of aliphatic hydroxyl groups is 4. The van der Waals surface area contributed by atoms with Gasteiger partial charge in [-0.2, -0.15) is 0 Å². The molecule has 1 fully saturated rings. The van der Waals surface area contributed by atoms with Gasteiger partial charge in [-0.1, -0.05) is 27.5 Å². The van der Waals surface area contributed by atoms with Gasteiger partial charge in [-0.15, -0.1) is 0 Å². The molecule has 1 amide bonds. The van der Waals surface area contributed by atoms with E-state index in [9.17, 15) is 95.1 Å². The highest BCUT2D eigenvalue weighted by molar-refractivity contribution is 6.31. The van der Waals surface area contributed by atoms with Crippen LogP contribution < -0.4 is 14.8 Å². The standard InChI is InChI=1S/C36H35N5O15.C15H11N5O7.C8H8N4O3/c1-15-30(44)20(39-35(49)56-23(13-38-40-37)16-6-8-17(9-7-16)41(51)52)10-25(54-15)55-22-12-36(50,24(43)14-42)11-19-27(22)34(48)29-28(32(19)46)31(45)18-4-3-5-21(53-2)26(18)33(29)47;16-18-17-9-14(10-1-3-11(4-2-10)19(22)23)27-15(21)26-13-7-5-12(6-8-13)20(24)25;9-11-10-5-8(13)6-1-3-7(4-2-6)12(14)15/h3-9,15,20,22-23,25,30,42,44,46,48,50H,10-14H2,1-2H3,(H,39,49);1-8,14H,9H2;1-4,8,13H,5H2/t15-,20-,22+,23?,25-,30+,36+;;/m1../s1. The van der Waals surface area contributed by atoms with Gasteiger partial charge < -0.3 is 64.4 Å². The van der Waals surface area contributed by atoms with Gasteiger partial charge in [-0.3, -0.25) is 54.8 Å². The summed E-state index contributed by atoms with van der Waals surface area (Å²) in [6.45, 7) is -0.420. The molecule has 510 valence electrons. The van der Waals surface area contributed by atoms with Crippen molar-refractivity contribution < 1.29 is 103 Å². The molecule has 7 N–H and O–H groups in total. The Morgan fingerprint density at radius 1 is 0.694 bits per heavy atom. The van der Waals surface area contributed by atoms with Crippen LogP contribution >= 0.6 is 0 Å². The highest BCUT2D eigenvalue weighted by atomic mass is 16.7. The summed E-state index contributed by atoms with van der Waals surface area (Å²) in [4.78, 5) is 114. The number of nitro benzene ring substituents is 4. The van der Waals surface area contributed by atoms with Crippen LogP contribution in [-0.4, -0.2) is 143 Å². The zero-order valence-electron chi connectivity index (χ0n) is 50.8. The Kier molecular flexibility index (Phi) is 24.3. The first-order chi connectivity index (χ1) is 46.7. The number of alkyl carbamates (subject to hydrolysis) is 1. The number of hydrogen-bond acceptors (Lipinski definition) is 28. The number of rotatable bonds is 22. The second kappa shape index (κ2) is 32.6. The van der Waals surface area contributed by atoms with Crippen molar-refractivity contribution in [3.8, 4) is 23.0 Å². The number of fused-ring (bicyclic) bond motifs is 3. The van der Waals surface area contributed by atoms with Gasteiger partial charge in [0.25, 0.3) is 22.7 Å². The van der Waals surface area contributed by atoms with Crippen molar-refractivity contribution in [2.45, 2.75) is 80.7 Å². The Morgan fingerprint density at radius 3 is 1.66 bits per heavy atom. The molecule has 0 bridgehead atoms. The first-order valence-corrected chi connectivity index (χ1v) is 28.5. The number of hydrogen-bond donors (Lipinski definition) is 7. The molecule has 3 unspecified atom stereocenters. The number of amides is 1. The Hall–Kier alpha value is -12.4. The van der Waals surface area contributed by atoms with E-state index < -0.39 is 146 Å². The number of nitrogens with one attached hydrogen (secondary N) is 1. The Balaban J connectivity index is 0.000000264. The summed E-state index contributed by atoms with van der Waals surface area (Å²) in [5.41, 5.74) is 21.4. The number of methoxy groups -OCH3 is 1. The number of ketones is 3. The number of ether oxygens (including phenoxy) is 6. The van der Waals surface area contributed by atoms with Crippen molar-refractivity contribution in [1.29, 1.82) is 0 Å². The summed E-state index contributed by atoms with van der Waals surface area (Å²) >= 11 is 0. The molecular formula is C59H54N14O25. The molecule has 39 heteroatoms. The molecule has 1 heterocycles. The van der Waals surface area contributed by atoms with Crippen LogP contribution in [-0.2, 0) is 30.2 Å². The van der Waals surface area contributed by atoms with Crippen molar-refractivity contribution in [3.05, 3.63) is 237 Å². The van der Waals surface area contributed by atoms with Crippen LogP contribution in [0.3, 0.4) is 0 Å². The van der Waals surface area contributed by atoms with Crippen LogP contribution in [0.2, 0.25) is 0 Å². The van der Waals surface area contributed by atoms with Gasteiger partial charge in [0, 0.05) is 99.2 Å². The highest BCUT2D eigenvalue weighted by Gasteiger charge is 2.50. The number of aliphatic hydroxyl groups excluding tert-OH is 3. The zero-order valence-corrected chi connectivity index (χ0v) is 50.8. The fraction of sp³-hybridized carbons (Fsp3) is 0.305. The molecule has 2 aliphatic carbocycles. The molecule has 39 nitrogen and oxygen atoms in total. The molecule has 0 radical (unpaired) electrons. The van der Waals surface area contributed by atoms with Crippen molar-refractivity contribution in [1.82, 2.24) is 5.32 Å². The molecule has 9 atom stereocenters. The third-order valence-corrected chi connectivity index (χ3v) is 15.2. The predicted octanol–water partition coefficient (Wildman–Crippen LogP) is 8.74. The lowest BCUT2D eigenvalue weighted by atomic mass is 9.72. The topological polar surface area (TPSA) is 593 Å². The predicted molar refractivity (Wildman–Crippen MR) is 329 cm³/mol. The molecule has 6 aromatic rings. The van der Waals surface area contributed by atoms with E-state index in [1.54, 1.807) is 0 Å². The number of phenolic OH excluding ortho intramolecular Hbond substituents is 2. The second-order valence-electron chi connectivity index (χ2n) is 21.2. The normalized spacial score (nSPS) is 18.7. The number of nitrogens with zero attached hydrogens (tertiary/aromatic N) is 13. The number of Topliss-reactive ketones (excluding diaryl/α,β-unsaturated/α-hetero) is 1. The largest absolute Gasteiger partial charge is 0.514 e. The average Bonchev–Trinajstić information content (AvgIpc) is 0.712. The zero-order chi connectivity index (χ0) is 71.7. The molecule has 0 spiro atoms. The SMILES string of the molecule is COc1cccc2c1C(=O)c1c(O)c3c(c(O)c1C2=O)C[C@@](O)(C(=O)CO)C[C@@H]3O[C@@H]1C[C@@H](NC(=O)OC(CN=[N+]=[N-])c2ccc([N+](=O)[O-])cc2)[C@@H](O)[C@@H](C)O1.[N-]=[N+]=NCC(O)c1ccc([N+](=O)[O-])cc1.[N-]=[N+]=NCC(OC(=O)Oc1ccc([N+](=O)[O-])cc1)c1ccc([N+](=O)[O-])cc1. The summed E-state index contributed by atoms with van der Waals surface area (Å²) in [5.74, 6) is -4.35. The first-order valence-electron chi connectivity index (χ1n) is 28.5. The van der Waals surface area contributed by atoms with Gasteiger partial charge in [-0.05, 0) is 94.8 Å². The van der Waals surface area contributed by atoms with Gasteiger partial charge in [0.15, 0.2) is 17.9 Å². The molecule has 98 heavy (non-hydrogen) atoms. The van der Waals surface area contributed by atoms with E-state index in [-0.39, 0.29) is 88.1 Å². The van der Waals surface area contributed by atoms with E-state index in [1.807, 2.05) is 0 Å². The van der Waals surface area contributed by atoms with Crippen LogP contribution in [0, 0.1) is 40.5 Å². The Labute approximate surface area is 548 Å². The third-order valence-electron chi connectivity index (χ3n) is 15.2. The van der Waals surface area contributed by atoms with Crippen molar-refractivity contribution in [2.24, 2.45) is 15.3 Å². The van der Waals surface area contributed by atoms with Crippen LogP contribution in [0.4, 0.5) is 32.3 Å². The fourth-order valence-corrected chi connectivity index (χ4v) is 10.3. The van der Waals surface area contributed by atoms with Crippen LogP contribution in [0.5, 0.6) is 23.0 Å². The van der Waals surface area contributed by atoms with Crippen molar-refractivity contribution in [2.75, 3.05) is 33.4 Å². The summed E-state index contributed by atoms with van der Waals surface area (Å²) in [7, 11) is 1.28. The lowest BCUT2D eigenvalue weighted by Gasteiger charge is -2.42. The van der Waals surface area contributed by atoms with Gasteiger partial charge in [0.1, 0.15) is 53.5 Å². The average molecular weight is 1360 g/mol. The van der Waals surface area contributed by atoms with Gasteiger partial charge in [0.05, 0.1) is 87.5 Å². The maximum atomic E-state index is 13.9. The molecule has 0 saturated carbocycles.